The quantitative estimate of drug-likeness (QED) is 0.747. The highest BCUT2D eigenvalue weighted by molar-refractivity contribution is 4.96. The highest BCUT2D eigenvalue weighted by Gasteiger charge is 2.39. The van der Waals surface area contributed by atoms with Crippen molar-refractivity contribution in [2.24, 2.45) is 11.7 Å². The Morgan fingerprint density at radius 2 is 1.88 bits per heavy atom. The Kier molecular flexibility index (Phi) is 4.26. The highest BCUT2D eigenvalue weighted by Crippen LogP contribution is 2.35. The molecule has 0 aromatic heterocycles. The van der Waals surface area contributed by atoms with Crippen molar-refractivity contribution in [3.8, 4) is 0 Å². The molecule has 2 aliphatic rings. The lowest BCUT2D eigenvalue weighted by Gasteiger charge is -2.41. The van der Waals surface area contributed by atoms with Crippen molar-refractivity contribution in [1.29, 1.82) is 0 Å². The van der Waals surface area contributed by atoms with Crippen LogP contribution in [0.15, 0.2) is 0 Å². The molecular formula is C14H28N2. The molecule has 0 spiro atoms. The zero-order valence-electron chi connectivity index (χ0n) is 10.9. The minimum atomic E-state index is 0.375. The summed E-state index contributed by atoms with van der Waals surface area (Å²) in [5.74, 6) is 0.937. The molecule has 2 fully saturated rings. The van der Waals surface area contributed by atoms with E-state index in [0.29, 0.717) is 5.54 Å². The van der Waals surface area contributed by atoms with Gasteiger partial charge in [0.2, 0.25) is 0 Å². The fraction of sp³-hybridized carbons (Fsp3) is 1.00. The van der Waals surface area contributed by atoms with Gasteiger partial charge in [0, 0.05) is 18.6 Å². The third-order valence-corrected chi connectivity index (χ3v) is 4.95. The zero-order chi connectivity index (χ0) is 11.4. The molecule has 0 amide bonds. The van der Waals surface area contributed by atoms with Crippen molar-refractivity contribution < 1.29 is 0 Å². The van der Waals surface area contributed by atoms with Gasteiger partial charge in [0.15, 0.2) is 0 Å². The molecule has 1 saturated carbocycles. The summed E-state index contributed by atoms with van der Waals surface area (Å²) in [4.78, 5) is 2.74. The van der Waals surface area contributed by atoms with Gasteiger partial charge in [-0.25, -0.2) is 0 Å². The Hall–Kier alpha value is -0.0800. The van der Waals surface area contributed by atoms with E-state index in [4.69, 9.17) is 5.73 Å². The van der Waals surface area contributed by atoms with E-state index in [1.807, 2.05) is 0 Å². The van der Waals surface area contributed by atoms with Gasteiger partial charge < -0.3 is 5.73 Å². The molecule has 0 aromatic carbocycles. The summed E-state index contributed by atoms with van der Waals surface area (Å²) < 4.78 is 0. The van der Waals surface area contributed by atoms with Crippen molar-refractivity contribution in [2.45, 2.75) is 63.8 Å². The summed E-state index contributed by atoms with van der Waals surface area (Å²) in [6, 6.07) is 0. The second-order valence-corrected chi connectivity index (χ2v) is 5.85. The number of hydrogen-bond donors (Lipinski definition) is 1. The van der Waals surface area contributed by atoms with Crippen molar-refractivity contribution in [2.75, 3.05) is 19.6 Å². The monoisotopic (exact) mass is 224 g/mol. The fourth-order valence-corrected chi connectivity index (χ4v) is 3.63. The molecule has 0 bridgehead atoms. The van der Waals surface area contributed by atoms with E-state index in [1.54, 1.807) is 0 Å². The van der Waals surface area contributed by atoms with E-state index in [9.17, 15) is 0 Å². The maximum absolute atomic E-state index is 6.13. The predicted molar refractivity (Wildman–Crippen MR) is 69.5 cm³/mol. The molecule has 16 heavy (non-hydrogen) atoms. The fourth-order valence-electron chi connectivity index (χ4n) is 3.63. The Bertz CT molecular complexity index is 207. The van der Waals surface area contributed by atoms with Gasteiger partial charge in [-0.1, -0.05) is 39.0 Å². The molecule has 2 rings (SSSR count). The summed E-state index contributed by atoms with van der Waals surface area (Å²) in [7, 11) is 0. The SMILES string of the molecule is CCC1CCN(C2(CN)CCCCCC2)C1. The molecule has 1 aliphatic carbocycles. The summed E-state index contributed by atoms with van der Waals surface area (Å²) in [5.41, 5.74) is 6.51. The van der Waals surface area contributed by atoms with Crippen molar-refractivity contribution in [3.05, 3.63) is 0 Å². The van der Waals surface area contributed by atoms with Crippen molar-refractivity contribution >= 4 is 0 Å². The zero-order valence-corrected chi connectivity index (χ0v) is 10.9. The first-order valence-electron chi connectivity index (χ1n) is 7.26. The molecule has 1 saturated heterocycles. The summed E-state index contributed by atoms with van der Waals surface area (Å²) in [6.45, 7) is 5.82. The van der Waals surface area contributed by atoms with Gasteiger partial charge in [-0.3, -0.25) is 4.90 Å². The minimum absolute atomic E-state index is 0.375. The van der Waals surface area contributed by atoms with E-state index in [0.717, 1.165) is 12.5 Å². The smallest absolute Gasteiger partial charge is 0.0331 e. The van der Waals surface area contributed by atoms with Gasteiger partial charge in [0.05, 0.1) is 0 Å². The van der Waals surface area contributed by atoms with Crippen LogP contribution in [0.25, 0.3) is 0 Å². The molecule has 1 heterocycles. The van der Waals surface area contributed by atoms with Crippen LogP contribution in [-0.4, -0.2) is 30.1 Å². The summed E-state index contributed by atoms with van der Waals surface area (Å²) >= 11 is 0. The minimum Gasteiger partial charge on any atom is -0.329 e. The van der Waals surface area contributed by atoms with Crippen LogP contribution in [0.2, 0.25) is 0 Å². The number of nitrogens with zero attached hydrogens (tertiary/aromatic N) is 1. The van der Waals surface area contributed by atoms with Gasteiger partial charge >= 0.3 is 0 Å². The van der Waals surface area contributed by atoms with E-state index in [1.165, 1.54) is 64.5 Å². The second-order valence-electron chi connectivity index (χ2n) is 5.85. The van der Waals surface area contributed by atoms with Crippen LogP contribution in [0.5, 0.6) is 0 Å². The molecule has 0 radical (unpaired) electrons. The van der Waals surface area contributed by atoms with E-state index < -0.39 is 0 Å². The lowest BCUT2D eigenvalue weighted by Crippen LogP contribution is -2.52. The molecule has 1 unspecified atom stereocenters. The van der Waals surface area contributed by atoms with E-state index in [-0.39, 0.29) is 0 Å². The normalized spacial score (nSPS) is 31.5. The molecule has 2 nitrogen and oxygen atoms in total. The third-order valence-electron chi connectivity index (χ3n) is 4.95. The molecule has 2 heteroatoms. The first-order chi connectivity index (χ1) is 7.80. The van der Waals surface area contributed by atoms with Crippen LogP contribution < -0.4 is 5.73 Å². The first kappa shape index (κ1) is 12.4. The van der Waals surface area contributed by atoms with Crippen LogP contribution in [0.1, 0.15) is 58.3 Å². The van der Waals surface area contributed by atoms with Crippen molar-refractivity contribution in [3.63, 3.8) is 0 Å². The number of nitrogens with two attached hydrogens (primary N) is 1. The Morgan fingerprint density at radius 1 is 1.19 bits per heavy atom. The van der Waals surface area contributed by atoms with Crippen LogP contribution in [0.4, 0.5) is 0 Å². The Balaban J connectivity index is 2.02. The Labute approximate surface area is 101 Å². The van der Waals surface area contributed by atoms with Crippen LogP contribution in [0, 0.1) is 5.92 Å². The number of rotatable bonds is 3. The van der Waals surface area contributed by atoms with Crippen LogP contribution in [-0.2, 0) is 0 Å². The molecule has 0 aromatic rings. The van der Waals surface area contributed by atoms with Crippen LogP contribution in [0.3, 0.4) is 0 Å². The second kappa shape index (κ2) is 5.50. The lowest BCUT2D eigenvalue weighted by atomic mass is 9.88. The van der Waals surface area contributed by atoms with Gasteiger partial charge in [0.25, 0.3) is 0 Å². The average Bonchev–Trinajstić information content (AvgIpc) is 2.68. The maximum atomic E-state index is 6.13. The molecule has 1 aliphatic heterocycles. The first-order valence-corrected chi connectivity index (χ1v) is 7.26. The lowest BCUT2D eigenvalue weighted by molar-refractivity contribution is 0.101. The van der Waals surface area contributed by atoms with E-state index >= 15 is 0 Å². The molecule has 94 valence electrons. The maximum Gasteiger partial charge on any atom is 0.0331 e. The standard InChI is InChI=1S/C14H28N2/c1-2-13-7-10-16(11-13)14(12-15)8-5-3-4-6-9-14/h13H,2-12,15H2,1H3. The van der Waals surface area contributed by atoms with Crippen LogP contribution >= 0.6 is 0 Å². The van der Waals surface area contributed by atoms with Gasteiger partial charge in [-0.15, -0.1) is 0 Å². The summed E-state index contributed by atoms with van der Waals surface area (Å²) in [6.07, 6.45) is 11.1. The van der Waals surface area contributed by atoms with E-state index in [2.05, 4.69) is 11.8 Å². The molecule has 1 atom stereocenters. The Morgan fingerprint density at radius 3 is 2.38 bits per heavy atom. The summed E-state index contributed by atoms with van der Waals surface area (Å²) in [5, 5.41) is 0. The number of likely N-dealkylation sites (tertiary alicyclic amines) is 1. The predicted octanol–water partition coefficient (Wildman–Crippen LogP) is 2.77. The topological polar surface area (TPSA) is 29.3 Å². The average molecular weight is 224 g/mol. The van der Waals surface area contributed by atoms with Crippen molar-refractivity contribution in [1.82, 2.24) is 4.90 Å². The number of hydrogen-bond acceptors (Lipinski definition) is 2. The van der Waals surface area contributed by atoms with Gasteiger partial charge in [-0.05, 0) is 31.7 Å². The highest BCUT2D eigenvalue weighted by atomic mass is 15.2. The molecular weight excluding hydrogens is 196 g/mol. The van der Waals surface area contributed by atoms with Gasteiger partial charge in [0.1, 0.15) is 0 Å². The molecule has 2 N–H and O–H groups in total. The van der Waals surface area contributed by atoms with Gasteiger partial charge in [-0.2, -0.15) is 0 Å². The third kappa shape index (κ3) is 2.43. The largest absolute Gasteiger partial charge is 0.329 e.